The van der Waals surface area contributed by atoms with Gasteiger partial charge in [-0.3, -0.25) is 4.79 Å². The smallest absolute Gasteiger partial charge is 0.340 e. The summed E-state index contributed by atoms with van der Waals surface area (Å²) in [6.07, 6.45) is 7.51. The van der Waals surface area contributed by atoms with Crippen molar-refractivity contribution in [3.05, 3.63) is 42.1 Å². The number of amides is 1. The van der Waals surface area contributed by atoms with Gasteiger partial charge in [0.15, 0.2) is 11.5 Å². The van der Waals surface area contributed by atoms with E-state index in [-0.39, 0.29) is 24.4 Å². The van der Waals surface area contributed by atoms with Crippen LogP contribution >= 0.6 is 11.8 Å². The van der Waals surface area contributed by atoms with Crippen molar-refractivity contribution in [1.82, 2.24) is 4.98 Å². The fourth-order valence-corrected chi connectivity index (χ4v) is 4.37. The van der Waals surface area contributed by atoms with Crippen LogP contribution in [0, 0.1) is 5.92 Å². The Kier molecular flexibility index (Phi) is 6.74. The van der Waals surface area contributed by atoms with E-state index in [1.165, 1.54) is 31.0 Å². The first-order valence-corrected chi connectivity index (χ1v) is 11.1. The van der Waals surface area contributed by atoms with Crippen molar-refractivity contribution in [3.63, 3.8) is 0 Å². The van der Waals surface area contributed by atoms with E-state index in [0.29, 0.717) is 40.3 Å². The monoisotopic (exact) mass is 428 g/mol. The Morgan fingerprint density at radius 1 is 1.13 bits per heavy atom. The number of pyridine rings is 1. The van der Waals surface area contributed by atoms with Crippen molar-refractivity contribution in [2.75, 3.05) is 24.5 Å². The van der Waals surface area contributed by atoms with Crippen LogP contribution in [0.1, 0.15) is 42.5 Å². The predicted octanol–water partition coefficient (Wildman–Crippen LogP) is 4.28. The molecule has 2 heterocycles. The average molecular weight is 429 g/mol. The van der Waals surface area contributed by atoms with Gasteiger partial charge in [-0.1, -0.05) is 31.0 Å². The first-order chi connectivity index (χ1) is 14.7. The molecule has 2 aromatic rings. The number of hydrogen-bond donors (Lipinski definition) is 1. The van der Waals surface area contributed by atoms with Crippen molar-refractivity contribution >= 4 is 29.3 Å². The number of hydrogen-bond acceptors (Lipinski definition) is 7. The second-order valence-corrected chi connectivity index (χ2v) is 8.33. The molecule has 1 N–H and O–H groups in total. The highest BCUT2D eigenvalue weighted by Crippen LogP contribution is 2.34. The highest BCUT2D eigenvalue weighted by Gasteiger charge is 2.20. The van der Waals surface area contributed by atoms with Crippen LogP contribution in [-0.4, -0.2) is 36.0 Å². The van der Waals surface area contributed by atoms with Crippen LogP contribution in [-0.2, 0) is 9.53 Å². The number of nitrogens with one attached hydrogen (secondary N) is 1. The van der Waals surface area contributed by atoms with E-state index in [1.807, 2.05) is 0 Å². The minimum atomic E-state index is -0.382. The van der Waals surface area contributed by atoms with Crippen LogP contribution in [0.25, 0.3) is 0 Å². The van der Waals surface area contributed by atoms with E-state index in [2.05, 4.69) is 10.3 Å². The van der Waals surface area contributed by atoms with Gasteiger partial charge in [0.05, 0.1) is 17.9 Å². The fraction of sp³-hybridized carbons (Fsp3) is 0.409. The molecule has 1 aliphatic heterocycles. The molecular formula is C22H24N2O5S. The first kappa shape index (κ1) is 20.5. The third-order valence-corrected chi connectivity index (χ3v) is 6.17. The highest BCUT2D eigenvalue weighted by atomic mass is 32.2. The maximum atomic E-state index is 12.6. The van der Waals surface area contributed by atoms with Gasteiger partial charge in [-0.2, -0.15) is 0 Å². The number of carbonyl (C=O) groups excluding carboxylic acids is 2. The number of carbonyl (C=O) groups is 2. The van der Waals surface area contributed by atoms with Gasteiger partial charge in [0, 0.05) is 18.0 Å². The molecule has 1 saturated carbocycles. The Bertz CT molecular complexity index is 914. The highest BCUT2D eigenvalue weighted by molar-refractivity contribution is 8.00. The molecule has 0 saturated heterocycles. The summed E-state index contributed by atoms with van der Waals surface area (Å²) >= 11 is 1.21. The van der Waals surface area contributed by atoms with Crippen molar-refractivity contribution in [3.8, 4) is 11.5 Å². The molecule has 30 heavy (non-hydrogen) atoms. The maximum Gasteiger partial charge on any atom is 0.340 e. The van der Waals surface area contributed by atoms with Crippen LogP contribution in [0.2, 0.25) is 0 Å². The summed E-state index contributed by atoms with van der Waals surface area (Å²) in [5.41, 5.74) is 1.02. The molecular weight excluding hydrogens is 404 g/mol. The Morgan fingerprint density at radius 3 is 2.83 bits per heavy atom. The Morgan fingerprint density at radius 2 is 1.97 bits per heavy atom. The second kappa shape index (κ2) is 9.84. The van der Waals surface area contributed by atoms with Gasteiger partial charge in [-0.15, -0.1) is 0 Å². The van der Waals surface area contributed by atoms with Crippen molar-refractivity contribution < 1.29 is 23.8 Å². The minimum absolute atomic E-state index is 0.119. The fourth-order valence-electron chi connectivity index (χ4n) is 3.59. The molecule has 0 unspecified atom stereocenters. The molecule has 8 heteroatoms. The topological polar surface area (TPSA) is 86.8 Å². The first-order valence-electron chi connectivity index (χ1n) is 10.1. The average Bonchev–Trinajstić information content (AvgIpc) is 3.25. The lowest BCUT2D eigenvalue weighted by Crippen LogP contribution is -2.18. The molecule has 0 bridgehead atoms. The molecule has 0 spiro atoms. The van der Waals surface area contributed by atoms with Crippen molar-refractivity contribution in [1.29, 1.82) is 0 Å². The normalized spacial score (nSPS) is 15.6. The Hall–Kier alpha value is -2.74. The number of anilines is 1. The van der Waals surface area contributed by atoms with E-state index in [0.717, 1.165) is 12.8 Å². The number of rotatable bonds is 7. The molecule has 1 aromatic carbocycles. The van der Waals surface area contributed by atoms with Crippen LogP contribution in [0.3, 0.4) is 0 Å². The van der Waals surface area contributed by atoms with Crippen molar-refractivity contribution in [2.24, 2.45) is 5.92 Å². The van der Waals surface area contributed by atoms with Gasteiger partial charge < -0.3 is 19.5 Å². The SMILES string of the molecule is O=C(CSc1ncccc1C(=O)OCC1CCCCC1)Nc1ccc2c(c1)OCO2. The molecule has 0 atom stereocenters. The van der Waals surface area contributed by atoms with Gasteiger partial charge in [0.2, 0.25) is 12.7 Å². The molecule has 158 valence electrons. The number of esters is 1. The van der Waals surface area contributed by atoms with E-state index in [9.17, 15) is 9.59 Å². The summed E-state index contributed by atoms with van der Waals surface area (Å²) in [6, 6.07) is 8.62. The maximum absolute atomic E-state index is 12.6. The molecule has 7 nitrogen and oxygen atoms in total. The van der Waals surface area contributed by atoms with E-state index in [4.69, 9.17) is 14.2 Å². The molecule has 1 amide bonds. The van der Waals surface area contributed by atoms with E-state index < -0.39 is 0 Å². The number of fused-ring (bicyclic) bond motifs is 1. The lowest BCUT2D eigenvalue weighted by Gasteiger charge is -2.21. The summed E-state index contributed by atoms with van der Waals surface area (Å²) in [7, 11) is 0. The Balaban J connectivity index is 1.31. The summed E-state index contributed by atoms with van der Waals surface area (Å²) in [4.78, 5) is 29.2. The minimum Gasteiger partial charge on any atom is -0.462 e. The Labute approximate surface area is 179 Å². The molecule has 1 aliphatic carbocycles. The van der Waals surface area contributed by atoms with Crippen LogP contribution in [0.5, 0.6) is 11.5 Å². The third kappa shape index (κ3) is 5.24. The number of nitrogens with zero attached hydrogens (tertiary/aromatic N) is 1. The summed E-state index contributed by atoms with van der Waals surface area (Å²) in [6.45, 7) is 0.629. The van der Waals surface area contributed by atoms with Crippen LogP contribution < -0.4 is 14.8 Å². The van der Waals surface area contributed by atoms with Gasteiger partial charge >= 0.3 is 5.97 Å². The molecule has 2 aliphatic rings. The number of thioether (sulfide) groups is 1. The number of benzene rings is 1. The van der Waals surface area contributed by atoms with Crippen LogP contribution in [0.4, 0.5) is 5.69 Å². The standard InChI is InChI=1S/C22H24N2O5S/c25-20(24-16-8-9-18-19(11-16)29-14-28-18)13-30-21-17(7-4-10-23-21)22(26)27-12-15-5-2-1-3-6-15/h4,7-11,15H,1-3,5-6,12-14H2,(H,24,25). The van der Waals surface area contributed by atoms with Gasteiger partial charge in [-0.05, 0) is 43.0 Å². The van der Waals surface area contributed by atoms with Gasteiger partial charge in [0.1, 0.15) is 5.03 Å². The zero-order valence-electron chi connectivity index (χ0n) is 16.6. The lowest BCUT2D eigenvalue weighted by atomic mass is 9.90. The zero-order valence-corrected chi connectivity index (χ0v) is 17.4. The number of ether oxygens (including phenoxy) is 3. The van der Waals surface area contributed by atoms with Gasteiger partial charge in [0.25, 0.3) is 0 Å². The quantitative estimate of drug-likeness (QED) is 0.520. The molecule has 1 aromatic heterocycles. The lowest BCUT2D eigenvalue weighted by molar-refractivity contribution is -0.113. The molecule has 1 fully saturated rings. The largest absolute Gasteiger partial charge is 0.462 e. The molecule has 0 radical (unpaired) electrons. The van der Waals surface area contributed by atoms with Crippen molar-refractivity contribution in [2.45, 2.75) is 37.1 Å². The molecule has 4 rings (SSSR count). The van der Waals surface area contributed by atoms with Crippen LogP contribution in [0.15, 0.2) is 41.6 Å². The van der Waals surface area contributed by atoms with E-state index >= 15 is 0 Å². The van der Waals surface area contributed by atoms with Gasteiger partial charge in [-0.25, -0.2) is 9.78 Å². The summed E-state index contributed by atoms with van der Waals surface area (Å²) in [5.74, 6) is 1.25. The summed E-state index contributed by atoms with van der Waals surface area (Å²) in [5, 5.41) is 3.31. The zero-order chi connectivity index (χ0) is 20.8. The third-order valence-electron chi connectivity index (χ3n) is 5.16. The summed E-state index contributed by atoms with van der Waals surface area (Å²) < 4.78 is 16.1. The predicted molar refractivity (Wildman–Crippen MR) is 113 cm³/mol. The second-order valence-electron chi connectivity index (χ2n) is 7.36. The van der Waals surface area contributed by atoms with E-state index in [1.54, 1.807) is 36.5 Å². The number of aromatic nitrogens is 1.